The molecule has 6 heteroatoms. The zero-order valence-electron chi connectivity index (χ0n) is 10.7. The van der Waals surface area contributed by atoms with E-state index in [9.17, 15) is 18.0 Å². The van der Waals surface area contributed by atoms with Crippen LogP contribution in [-0.4, -0.2) is 6.29 Å². The molecule has 0 saturated heterocycles. The monoisotopic (exact) mass is 314 g/mol. The molecule has 0 atom stereocenters. The lowest BCUT2D eigenvalue weighted by Crippen LogP contribution is -2.06. The molecule has 0 amide bonds. The molecule has 0 unspecified atom stereocenters. The van der Waals surface area contributed by atoms with Crippen molar-refractivity contribution in [1.82, 2.24) is 0 Å². The molecule has 0 fully saturated rings. The number of alkyl halides is 3. The molecule has 0 bridgehead atoms. The number of benzene rings is 2. The van der Waals surface area contributed by atoms with Gasteiger partial charge in [-0.3, -0.25) is 4.79 Å². The highest BCUT2D eigenvalue weighted by Gasteiger charge is 2.30. The SMILES string of the molecule is O=Cc1cccc(OCc2cccc(C(F)(F)F)c2)c1Cl. The van der Waals surface area contributed by atoms with Gasteiger partial charge in [0.1, 0.15) is 12.4 Å². The first-order valence-corrected chi connectivity index (χ1v) is 6.32. The summed E-state index contributed by atoms with van der Waals surface area (Å²) in [5.74, 6) is 0.249. The standard InChI is InChI=1S/C15H10ClF3O2/c16-14-11(8-20)4-2-6-13(14)21-9-10-3-1-5-12(7-10)15(17,18)19/h1-8H,9H2. The largest absolute Gasteiger partial charge is 0.487 e. The summed E-state index contributed by atoms with van der Waals surface area (Å²) < 4.78 is 43.2. The number of rotatable bonds is 4. The van der Waals surface area contributed by atoms with Crippen molar-refractivity contribution in [2.24, 2.45) is 0 Å². The lowest BCUT2D eigenvalue weighted by atomic mass is 10.1. The van der Waals surface area contributed by atoms with Crippen molar-refractivity contribution in [3.8, 4) is 5.75 Å². The molecule has 0 N–H and O–H groups in total. The van der Waals surface area contributed by atoms with E-state index >= 15 is 0 Å². The number of carbonyl (C=O) groups is 1. The Morgan fingerprint density at radius 1 is 1.14 bits per heavy atom. The van der Waals surface area contributed by atoms with Crippen LogP contribution in [0.3, 0.4) is 0 Å². The van der Waals surface area contributed by atoms with Crippen LogP contribution >= 0.6 is 11.6 Å². The minimum atomic E-state index is -4.40. The molecule has 2 aromatic rings. The number of halogens is 4. The van der Waals surface area contributed by atoms with E-state index in [2.05, 4.69) is 0 Å². The summed E-state index contributed by atoms with van der Waals surface area (Å²) in [6, 6.07) is 9.48. The highest BCUT2D eigenvalue weighted by molar-refractivity contribution is 6.34. The van der Waals surface area contributed by atoms with E-state index in [4.69, 9.17) is 16.3 Å². The quantitative estimate of drug-likeness (QED) is 0.761. The van der Waals surface area contributed by atoms with E-state index in [1.165, 1.54) is 18.2 Å². The zero-order valence-corrected chi connectivity index (χ0v) is 11.4. The Labute approximate surface area is 124 Å². The number of hydrogen-bond acceptors (Lipinski definition) is 2. The minimum absolute atomic E-state index is 0.0774. The van der Waals surface area contributed by atoms with Crippen LogP contribution in [0.2, 0.25) is 5.02 Å². The van der Waals surface area contributed by atoms with Crippen molar-refractivity contribution in [1.29, 1.82) is 0 Å². The summed E-state index contributed by atoms with van der Waals surface area (Å²) in [5, 5.41) is 0.138. The first-order chi connectivity index (χ1) is 9.91. The van der Waals surface area contributed by atoms with E-state index < -0.39 is 11.7 Å². The molecule has 0 aliphatic rings. The second kappa shape index (κ2) is 6.18. The molecule has 0 radical (unpaired) electrons. The van der Waals surface area contributed by atoms with Crippen LogP contribution in [-0.2, 0) is 12.8 Å². The van der Waals surface area contributed by atoms with E-state index in [0.717, 1.165) is 12.1 Å². The van der Waals surface area contributed by atoms with E-state index in [1.807, 2.05) is 0 Å². The molecule has 21 heavy (non-hydrogen) atoms. The van der Waals surface area contributed by atoms with Crippen LogP contribution in [0.15, 0.2) is 42.5 Å². The van der Waals surface area contributed by atoms with Crippen LogP contribution < -0.4 is 4.74 Å². The molecule has 2 aromatic carbocycles. The van der Waals surface area contributed by atoms with Gasteiger partial charge < -0.3 is 4.74 Å². The topological polar surface area (TPSA) is 26.3 Å². The average molecular weight is 315 g/mol. The lowest BCUT2D eigenvalue weighted by molar-refractivity contribution is -0.137. The summed E-state index contributed by atoms with van der Waals surface area (Å²) in [4.78, 5) is 10.7. The third-order valence-corrected chi connectivity index (χ3v) is 3.17. The fraction of sp³-hybridized carbons (Fsp3) is 0.133. The predicted octanol–water partition coefficient (Wildman–Crippen LogP) is 4.75. The Morgan fingerprint density at radius 2 is 1.86 bits per heavy atom. The molecule has 2 nitrogen and oxygen atoms in total. The van der Waals surface area contributed by atoms with Gasteiger partial charge in [-0.05, 0) is 29.8 Å². The third kappa shape index (κ3) is 3.76. The van der Waals surface area contributed by atoms with Crippen LogP contribution in [0.4, 0.5) is 13.2 Å². The van der Waals surface area contributed by atoms with Gasteiger partial charge in [0, 0.05) is 5.56 Å². The summed E-state index contributed by atoms with van der Waals surface area (Å²) in [6.07, 6.45) is -3.81. The zero-order chi connectivity index (χ0) is 15.5. The molecule has 110 valence electrons. The smallest absolute Gasteiger partial charge is 0.416 e. The molecule has 0 aliphatic carbocycles. The molecular formula is C15H10ClF3O2. The second-order valence-electron chi connectivity index (χ2n) is 4.26. The van der Waals surface area contributed by atoms with E-state index in [0.29, 0.717) is 11.8 Å². The second-order valence-corrected chi connectivity index (χ2v) is 4.64. The van der Waals surface area contributed by atoms with Gasteiger partial charge in [0.2, 0.25) is 0 Å². The van der Waals surface area contributed by atoms with Crippen LogP contribution in [0.25, 0.3) is 0 Å². The van der Waals surface area contributed by atoms with Crippen LogP contribution in [0, 0.1) is 0 Å². The molecule has 2 rings (SSSR count). The minimum Gasteiger partial charge on any atom is -0.487 e. The summed E-state index contributed by atoms with van der Waals surface area (Å²) in [6.45, 7) is -0.0774. The van der Waals surface area contributed by atoms with Gasteiger partial charge in [0.15, 0.2) is 6.29 Å². The van der Waals surface area contributed by atoms with Gasteiger partial charge >= 0.3 is 6.18 Å². The maximum Gasteiger partial charge on any atom is 0.416 e. The van der Waals surface area contributed by atoms with Crippen molar-refractivity contribution >= 4 is 17.9 Å². The summed E-state index contributed by atoms with van der Waals surface area (Å²) in [7, 11) is 0. The number of aldehydes is 1. The molecule has 0 spiro atoms. The first kappa shape index (κ1) is 15.4. The van der Waals surface area contributed by atoms with Crippen LogP contribution in [0.5, 0.6) is 5.75 Å². The Bertz CT molecular complexity index is 654. The van der Waals surface area contributed by atoms with E-state index in [-0.39, 0.29) is 22.9 Å². The maximum atomic E-state index is 12.6. The lowest BCUT2D eigenvalue weighted by Gasteiger charge is -2.11. The Kier molecular flexibility index (Phi) is 4.53. The normalized spacial score (nSPS) is 11.2. The number of hydrogen-bond donors (Lipinski definition) is 0. The highest BCUT2D eigenvalue weighted by Crippen LogP contribution is 2.31. The first-order valence-electron chi connectivity index (χ1n) is 5.94. The molecule has 0 aromatic heterocycles. The highest BCUT2D eigenvalue weighted by atomic mass is 35.5. The van der Waals surface area contributed by atoms with E-state index in [1.54, 1.807) is 12.1 Å². The van der Waals surface area contributed by atoms with Crippen LogP contribution in [0.1, 0.15) is 21.5 Å². The molecular weight excluding hydrogens is 305 g/mol. The van der Waals surface area contributed by atoms with Crippen molar-refractivity contribution in [2.75, 3.05) is 0 Å². The van der Waals surface area contributed by atoms with Gasteiger partial charge in [-0.25, -0.2) is 0 Å². The van der Waals surface area contributed by atoms with Crippen molar-refractivity contribution in [2.45, 2.75) is 12.8 Å². The van der Waals surface area contributed by atoms with Crippen molar-refractivity contribution in [3.63, 3.8) is 0 Å². The molecule has 0 heterocycles. The fourth-order valence-corrected chi connectivity index (χ4v) is 1.95. The Morgan fingerprint density at radius 3 is 2.52 bits per heavy atom. The van der Waals surface area contributed by atoms with Gasteiger partial charge in [-0.15, -0.1) is 0 Å². The van der Waals surface area contributed by atoms with Crippen molar-refractivity contribution in [3.05, 3.63) is 64.2 Å². The third-order valence-electron chi connectivity index (χ3n) is 2.77. The Balaban J connectivity index is 2.16. The number of carbonyl (C=O) groups excluding carboxylic acids is 1. The van der Waals surface area contributed by atoms with Gasteiger partial charge in [0.25, 0.3) is 0 Å². The van der Waals surface area contributed by atoms with Gasteiger partial charge in [-0.2, -0.15) is 13.2 Å². The molecule has 0 aliphatic heterocycles. The number of ether oxygens (including phenoxy) is 1. The maximum absolute atomic E-state index is 12.6. The Hall–Kier alpha value is -2.01. The fourth-order valence-electron chi connectivity index (χ4n) is 1.73. The summed E-state index contributed by atoms with van der Waals surface area (Å²) in [5.41, 5.74) is -0.119. The predicted molar refractivity (Wildman–Crippen MR) is 72.6 cm³/mol. The summed E-state index contributed by atoms with van der Waals surface area (Å²) >= 11 is 5.94. The molecule has 0 saturated carbocycles. The average Bonchev–Trinajstić information content (AvgIpc) is 2.45. The van der Waals surface area contributed by atoms with Gasteiger partial charge in [-0.1, -0.05) is 29.8 Å². The van der Waals surface area contributed by atoms with Gasteiger partial charge in [0.05, 0.1) is 10.6 Å². The van der Waals surface area contributed by atoms with Crippen molar-refractivity contribution < 1.29 is 22.7 Å².